The van der Waals surface area contributed by atoms with E-state index in [1.54, 1.807) is 30.3 Å². The maximum Gasteiger partial charge on any atom is 0.237 e. The average Bonchev–Trinajstić information content (AvgIpc) is 2.30. The SMILES string of the molecule is COc1c(Cl)cccc1NN=C(C#N)C#N. The van der Waals surface area contributed by atoms with Crippen molar-refractivity contribution in [2.24, 2.45) is 5.10 Å². The van der Waals surface area contributed by atoms with Crippen LogP contribution in [0.3, 0.4) is 0 Å². The zero-order valence-corrected chi connectivity index (χ0v) is 9.12. The lowest BCUT2D eigenvalue weighted by Gasteiger charge is -2.08. The topological polar surface area (TPSA) is 81.2 Å². The molecule has 0 fully saturated rings. The van der Waals surface area contributed by atoms with E-state index in [4.69, 9.17) is 26.9 Å². The third kappa shape index (κ3) is 2.63. The standard InChI is InChI=1S/C10H7ClN4O/c1-16-10-8(11)3-2-4-9(10)15-14-7(5-12)6-13/h2-4,15H,1H3. The molecular formula is C10H7ClN4O. The van der Waals surface area contributed by atoms with Crippen molar-refractivity contribution in [2.75, 3.05) is 12.5 Å². The van der Waals surface area contributed by atoms with Crippen molar-refractivity contribution < 1.29 is 4.74 Å². The van der Waals surface area contributed by atoms with E-state index in [0.29, 0.717) is 16.5 Å². The van der Waals surface area contributed by atoms with Crippen LogP contribution in [0.2, 0.25) is 5.02 Å². The first-order valence-electron chi connectivity index (χ1n) is 4.19. The molecule has 1 aromatic carbocycles. The van der Waals surface area contributed by atoms with Crippen molar-refractivity contribution in [3.05, 3.63) is 23.2 Å². The van der Waals surface area contributed by atoms with Gasteiger partial charge in [0.25, 0.3) is 0 Å². The van der Waals surface area contributed by atoms with Crippen molar-refractivity contribution in [2.45, 2.75) is 0 Å². The van der Waals surface area contributed by atoms with Gasteiger partial charge < -0.3 is 4.74 Å². The summed E-state index contributed by atoms with van der Waals surface area (Å²) in [5, 5.41) is 21.0. The zero-order valence-electron chi connectivity index (χ0n) is 8.36. The minimum Gasteiger partial charge on any atom is -0.493 e. The summed E-state index contributed by atoms with van der Waals surface area (Å²) < 4.78 is 5.05. The van der Waals surface area contributed by atoms with E-state index in [2.05, 4.69) is 10.5 Å². The lowest BCUT2D eigenvalue weighted by atomic mass is 10.3. The Bertz CT molecular complexity index is 483. The van der Waals surface area contributed by atoms with Crippen molar-refractivity contribution in [1.82, 2.24) is 0 Å². The summed E-state index contributed by atoms with van der Waals surface area (Å²) in [6.07, 6.45) is 0. The van der Waals surface area contributed by atoms with Gasteiger partial charge in [0.15, 0.2) is 5.75 Å². The van der Waals surface area contributed by atoms with E-state index in [0.717, 1.165) is 0 Å². The number of halogens is 1. The smallest absolute Gasteiger partial charge is 0.237 e. The van der Waals surface area contributed by atoms with Gasteiger partial charge in [0.2, 0.25) is 5.71 Å². The highest BCUT2D eigenvalue weighted by atomic mass is 35.5. The molecule has 16 heavy (non-hydrogen) atoms. The summed E-state index contributed by atoms with van der Waals surface area (Å²) in [4.78, 5) is 0. The van der Waals surface area contributed by atoms with Gasteiger partial charge in [-0.05, 0) is 12.1 Å². The highest BCUT2D eigenvalue weighted by Gasteiger charge is 2.06. The van der Waals surface area contributed by atoms with Crippen LogP contribution < -0.4 is 10.2 Å². The van der Waals surface area contributed by atoms with Gasteiger partial charge in [-0.25, -0.2) is 0 Å². The third-order valence-corrected chi connectivity index (χ3v) is 1.97. The van der Waals surface area contributed by atoms with E-state index in [1.165, 1.54) is 7.11 Å². The average molecular weight is 235 g/mol. The van der Waals surface area contributed by atoms with Gasteiger partial charge >= 0.3 is 0 Å². The number of hydrazone groups is 1. The second-order valence-electron chi connectivity index (χ2n) is 2.62. The molecule has 80 valence electrons. The van der Waals surface area contributed by atoms with Crippen LogP contribution in [-0.2, 0) is 0 Å². The van der Waals surface area contributed by atoms with E-state index in [-0.39, 0.29) is 5.71 Å². The molecule has 1 N–H and O–H groups in total. The van der Waals surface area contributed by atoms with E-state index in [1.807, 2.05) is 0 Å². The summed E-state index contributed by atoms with van der Waals surface area (Å²) in [5.41, 5.74) is 2.75. The van der Waals surface area contributed by atoms with Gasteiger partial charge in [0.05, 0.1) is 17.8 Å². The van der Waals surface area contributed by atoms with Gasteiger partial charge in [-0.2, -0.15) is 15.6 Å². The Balaban J connectivity index is 3.00. The van der Waals surface area contributed by atoms with Gasteiger partial charge in [-0.1, -0.05) is 17.7 Å². The lowest BCUT2D eigenvalue weighted by Crippen LogP contribution is -1.98. The Morgan fingerprint density at radius 1 is 1.44 bits per heavy atom. The quantitative estimate of drug-likeness (QED) is 0.642. The largest absolute Gasteiger partial charge is 0.493 e. The van der Waals surface area contributed by atoms with Crippen LogP contribution in [0.5, 0.6) is 5.75 Å². The number of benzene rings is 1. The van der Waals surface area contributed by atoms with Crippen molar-refractivity contribution in [3.63, 3.8) is 0 Å². The maximum absolute atomic E-state index is 8.48. The first-order chi connectivity index (χ1) is 7.72. The number of nitriles is 2. The molecule has 0 amide bonds. The third-order valence-electron chi connectivity index (χ3n) is 1.67. The molecule has 0 saturated carbocycles. The van der Waals surface area contributed by atoms with E-state index >= 15 is 0 Å². The molecule has 0 unspecified atom stereocenters. The van der Waals surface area contributed by atoms with Crippen LogP contribution in [0.4, 0.5) is 5.69 Å². The minimum absolute atomic E-state index is 0.276. The van der Waals surface area contributed by atoms with Crippen LogP contribution in [0, 0.1) is 22.7 Å². The molecule has 6 heteroatoms. The molecule has 0 bridgehead atoms. The molecule has 0 atom stereocenters. The summed E-state index contributed by atoms with van der Waals surface area (Å²) in [7, 11) is 1.46. The number of nitrogens with zero attached hydrogens (tertiary/aromatic N) is 3. The molecule has 0 aromatic heterocycles. The molecule has 0 aliphatic heterocycles. The van der Waals surface area contributed by atoms with E-state index < -0.39 is 0 Å². The second kappa shape index (κ2) is 5.59. The molecule has 0 aliphatic carbocycles. The fourth-order valence-electron chi connectivity index (χ4n) is 0.995. The number of ether oxygens (including phenoxy) is 1. The number of rotatable bonds is 3. The number of nitrogens with one attached hydrogen (secondary N) is 1. The van der Waals surface area contributed by atoms with Gasteiger partial charge in [0.1, 0.15) is 12.1 Å². The molecule has 0 heterocycles. The minimum atomic E-state index is -0.276. The Morgan fingerprint density at radius 3 is 2.69 bits per heavy atom. The van der Waals surface area contributed by atoms with Crippen molar-refractivity contribution in [1.29, 1.82) is 10.5 Å². The summed E-state index contributed by atoms with van der Waals surface area (Å²) >= 11 is 5.87. The van der Waals surface area contributed by atoms with Gasteiger partial charge in [0, 0.05) is 0 Å². The van der Waals surface area contributed by atoms with Gasteiger partial charge in [-0.15, -0.1) is 0 Å². The van der Waals surface area contributed by atoms with Gasteiger partial charge in [-0.3, -0.25) is 5.43 Å². The number of hydrogen-bond acceptors (Lipinski definition) is 5. The Kier molecular flexibility index (Phi) is 4.14. The normalized spacial score (nSPS) is 8.50. The molecule has 5 nitrogen and oxygen atoms in total. The summed E-state index contributed by atoms with van der Waals surface area (Å²) in [6, 6.07) is 8.27. The Labute approximate surface area is 97.5 Å². The maximum atomic E-state index is 8.48. The summed E-state index contributed by atoms with van der Waals surface area (Å²) in [6.45, 7) is 0. The lowest BCUT2D eigenvalue weighted by molar-refractivity contribution is 0.417. The van der Waals surface area contributed by atoms with Crippen molar-refractivity contribution in [3.8, 4) is 17.9 Å². The van der Waals surface area contributed by atoms with Crippen LogP contribution >= 0.6 is 11.6 Å². The Hall–Kier alpha value is -2.24. The van der Waals surface area contributed by atoms with Crippen LogP contribution in [0.1, 0.15) is 0 Å². The molecule has 0 saturated heterocycles. The zero-order chi connectivity index (χ0) is 12.0. The first kappa shape index (κ1) is 11.8. The fourth-order valence-corrected chi connectivity index (χ4v) is 1.25. The Morgan fingerprint density at radius 2 is 2.12 bits per heavy atom. The number of hydrogen-bond donors (Lipinski definition) is 1. The molecular weight excluding hydrogens is 228 g/mol. The highest BCUT2D eigenvalue weighted by molar-refractivity contribution is 6.32. The fraction of sp³-hybridized carbons (Fsp3) is 0.100. The molecule has 1 aromatic rings. The molecule has 0 aliphatic rings. The predicted molar refractivity (Wildman–Crippen MR) is 60.3 cm³/mol. The van der Waals surface area contributed by atoms with Crippen molar-refractivity contribution >= 4 is 23.0 Å². The molecule has 1 rings (SSSR count). The predicted octanol–water partition coefficient (Wildman–Crippen LogP) is 2.16. The van der Waals surface area contributed by atoms with Crippen LogP contribution in [0.25, 0.3) is 0 Å². The second-order valence-corrected chi connectivity index (χ2v) is 3.02. The molecule has 0 radical (unpaired) electrons. The number of methoxy groups -OCH3 is 1. The van der Waals surface area contributed by atoms with E-state index in [9.17, 15) is 0 Å². The van der Waals surface area contributed by atoms with Crippen LogP contribution in [-0.4, -0.2) is 12.8 Å². The number of para-hydroxylation sites is 1. The first-order valence-corrected chi connectivity index (χ1v) is 4.57. The monoisotopic (exact) mass is 234 g/mol. The van der Waals surface area contributed by atoms with Crippen LogP contribution in [0.15, 0.2) is 23.3 Å². The molecule has 0 spiro atoms. The summed E-state index contributed by atoms with van der Waals surface area (Å²) in [5.74, 6) is 0.406. The number of anilines is 1. The highest BCUT2D eigenvalue weighted by Crippen LogP contribution is 2.32.